The van der Waals surface area contributed by atoms with Crippen molar-refractivity contribution in [1.82, 2.24) is 4.90 Å². The van der Waals surface area contributed by atoms with E-state index < -0.39 is 23.7 Å². The van der Waals surface area contributed by atoms with E-state index in [1.165, 1.54) is 4.90 Å². The maximum Gasteiger partial charge on any atom is 0.411 e. The standard InChI is InChI=1S/C13H20N2O4/c1-5-18-11(16)10-6-9(7-14)8-15(10)12(17)19-13(2,3)4/h9-10H,5-6,8H2,1-4H3. The summed E-state index contributed by atoms with van der Waals surface area (Å²) in [6.45, 7) is 7.41. The summed E-state index contributed by atoms with van der Waals surface area (Å²) in [5, 5.41) is 8.95. The fourth-order valence-corrected chi connectivity index (χ4v) is 1.91. The minimum Gasteiger partial charge on any atom is -0.464 e. The first kappa shape index (κ1) is 15.3. The average Bonchev–Trinajstić information content (AvgIpc) is 2.71. The molecule has 0 radical (unpaired) electrons. The zero-order chi connectivity index (χ0) is 14.6. The van der Waals surface area contributed by atoms with Crippen molar-refractivity contribution >= 4 is 12.1 Å². The van der Waals surface area contributed by atoms with Gasteiger partial charge in [-0.25, -0.2) is 9.59 Å². The van der Waals surface area contributed by atoms with E-state index in [9.17, 15) is 9.59 Å². The molecule has 0 N–H and O–H groups in total. The van der Waals surface area contributed by atoms with Crippen molar-refractivity contribution in [2.24, 2.45) is 5.92 Å². The lowest BCUT2D eigenvalue weighted by Crippen LogP contribution is -2.44. The van der Waals surface area contributed by atoms with Crippen LogP contribution in [0.3, 0.4) is 0 Å². The second kappa shape index (κ2) is 5.91. The van der Waals surface area contributed by atoms with Gasteiger partial charge in [-0.15, -0.1) is 0 Å². The van der Waals surface area contributed by atoms with E-state index in [1.54, 1.807) is 27.7 Å². The highest BCUT2D eigenvalue weighted by Crippen LogP contribution is 2.25. The molecule has 1 rings (SSSR count). The molecule has 1 aliphatic rings. The zero-order valence-electron chi connectivity index (χ0n) is 11.8. The summed E-state index contributed by atoms with van der Waals surface area (Å²) in [7, 11) is 0. The topological polar surface area (TPSA) is 79.6 Å². The SMILES string of the molecule is CCOC(=O)C1CC(C#N)CN1C(=O)OC(C)(C)C. The molecule has 1 heterocycles. The van der Waals surface area contributed by atoms with Crippen LogP contribution in [0.2, 0.25) is 0 Å². The van der Waals surface area contributed by atoms with Gasteiger partial charge in [-0.05, 0) is 34.1 Å². The molecule has 0 aromatic carbocycles. The smallest absolute Gasteiger partial charge is 0.411 e. The molecule has 0 aliphatic carbocycles. The van der Waals surface area contributed by atoms with Gasteiger partial charge in [0.1, 0.15) is 11.6 Å². The summed E-state index contributed by atoms with van der Waals surface area (Å²) in [4.78, 5) is 25.1. The Morgan fingerprint density at radius 3 is 2.53 bits per heavy atom. The van der Waals surface area contributed by atoms with Gasteiger partial charge in [-0.1, -0.05) is 0 Å². The Morgan fingerprint density at radius 1 is 1.42 bits per heavy atom. The molecule has 0 spiro atoms. The molecule has 6 nitrogen and oxygen atoms in total. The molecular weight excluding hydrogens is 248 g/mol. The van der Waals surface area contributed by atoms with Crippen LogP contribution in [0.15, 0.2) is 0 Å². The van der Waals surface area contributed by atoms with Gasteiger partial charge >= 0.3 is 12.1 Å². The van der Waals surface area contributed by atoms with E-state index in [0.29, 0.717) is 6.42 Å². The number of hydrogen-bond donors (Lipinski definition) is 0. The number of ether oxygens (including phenoxy) is 2. The van der Waals surface area contributed by atoms with Crippen molar-refractivity contribution in [3.05, 3.63) is 0 Å². The molecular formula is C13H20N2O4. The molecule has 1 amide bonds. The number of esters is 1. The van der Waals surface area contributed by atoms with Gasteiger partial charge in [0.25, 0.3) is 0 Å². The van der Waals surface area contributed by atoms with Crippen LogP contribution in [-0.4, -0.2) is 41.8 Å². The van der Waals surface area contributed by atoms with E-state index >= 15 is 0 Å². The number of likely N-dealkylation sites (tertiary alicyclic amines) is 1. The minimum absolute atomic E-state index is 0.203. The van der Waals surface area contributed by atoms with Gasteiger partial charge in [0.2, 0.25) is 0 Å². The molecule has 6 heteroatoms. The normalized spacial score (nSPS) is 22.8. The van der Waals surface area contributed by atoms with Crippen LogP contribution in [0.5, 0.6) is 0 Å². The number of carbonyl (C=O) groups is 2. The number of hydrogen-bond acceptors (Lipinski definition) is 5. The Bertz CT molecular complexity index is 394. The third kappa shape index (κ3) is 4.12. The Balaban J connectivity index is 2.80. The van der Waals surface area contributed by atoms with Crippen LogP contribution in [0.1, 0.15) is 34.1 Å². The quantitative estimate of drug-likeness (QED) is 0.712. The maximum atomic E-state index is 12.0. The van der Waals surface area contributed by atoms with Crippen LogP contribution in [-0.2, 0) is 14.3 Å². The van der Waals surface area contributed by atoms with Crippen LogP contribution in [0.4, 0.5) is 4.79 Å². The lowest BCUT2D eigenvalue weighted by Gasteiger charge is -2.27. The van der Waals surface area contributed by atoms with Crippen LogP contribution < -0.4 is 0 Å². The number of nitriles is 1. The lowest BCUT2D eigenvalue weighted by atomic mass is 10.1. The average molecular weight is 268 g/mol. The largest absolute Gasteiger partial charge is 0.464 e. The second-order valence-electron chi connectivity index (χ2n) is 5.46. The van der Waals surface area contributed by atoms with Crippen molar-refractivity contribution < 1.29 is 19.1 Å². The first-order valence-electron chi connectivity index (χ1n) is 6.34. The minimum atomic E-state index is -0.723. The van der Waals surface area contributed by atoms with Gasteiger partial charge in [-0.2, -0.15) is 5.26 Å². The third-order valence-electron chi connectivity index (χ3n) is 2.67. The molecule has 1 saturated heterocycles. The van der Waals surface area contributed by atoms with E-state index in [-0.39, 0.29) is 19.1 Å². The molecule has 2 atom stereocenters. The van der Waals surface area contributed by atoms with Crippen LogP contribution >= 0.6 is 0 Å². The predicted molar refractivity (Wildman–Crippen MR) is 67.1 cm³/mol. The molecule has 2 unspecified atom stereocenters. The summed E-state index contributed by atoms with van der Waals surface area (Å²) in [5.41, 5.74) is -0.638. The highest BCUT2D eigenvalue weighted by molar-refractivity contribution is 5.82. The van der Waals surface area contributed by atoms with Crippen LogP contribution in [0, 0.1) is 17.2 Å². The molecule has 1 fully saturated rings. The molecule has 106 valence electrons. The van der Waals surface area contributed by atoms with Crippen LogP contribution in [0.25, 0.3) is 0 Å². The first-order chi connectivity index (χ1) is 8.78. The van der Waals surface area contributed by atoms with Crippen molar-refractivity contribution in [2.75, 3.05) is 13.2 Å². The van der Waals surface area contributed by atoms with Gasteiger partial charge in [-0.3, -0.25) is 4.90 Å². The highest BCUT2D eigenvalue weighted by Gasteiger charge is 2.42. The van der Waals surface area contributed by atoms with Crippen molar-refractivity contribution in [1.29, 1.82) is 5.26 Å². The number of rotatable bonds is 2. The Labute approximate surface area is 113 Å². The maximum absolute atomic E-state index is 12.0. The van der Waals surface area contributed by atoms with Gasteiger partial charge < -0.3 is 9.47 Å². The highest BCUT2D eigenvalue weighted by atomic mass is 16.6. The van der Waals surface area contributed by atoms with E-state index in [0.717, 1.165) is 0 Å². The number of amides is 1. The summed E-state index contributed by atoms with van der Waals surface area (Å²) in [6.07, 6.45) is -0.280. The second-order valence-corrected chi connectivity index (χ2v) is 5.46. The van der Waals surface area contributed by atoms with Gasteiger partial charge in [0.05, 0.1) is 18.6 Å². The monoisotopic (exact) mass is 268 g/mol. The Hall–Kier alpha value is -1.77. The molecule has 19 heavy (non-hydrogen) atoms. The van der Waals surface area contributed by atoms with Crippen molar-refractivity contribution in [3.63, 3.8) is 0 Å². The molecule has 0 aromatic rings. The van der Waals surface area contributed by atoms with E-state index in [2.05, 4.69) is 6.07 Å². The zero-order valence-corrected chi connectivity index (χ0v) is 11.8. The summed E-state index contributed by atoms with van der Waals surface area (Å²) in [5.74, 6) is -0.840. The lowest BCUT2D eigenvalue weighted by molar-refractivity contribution is -0.148. The number of carbonyl (C=O) groups excluding carboxylic acids is 2. The number of nitrogens with zero attached hydrogens (tertiary/aromatic N) is 2. The molecule has 0 aromatic heterocycles. The summed E-state index contributed by atoms with van der Waals surface area (Å²) in [6, 6.07) is 1.36. The molecule has 0 saturated carbocycles. The molecule has 0 bridgehead atoms. The first-order valence-corrected chi connectivity index (χ1v) is 6.34. The van der Waals surface area contributed by atoms with Crippen molar-refractivity contribution in [3.8, 4) is 6.07 Å². The molecule has 1 aliphatic heterocycles. The fourth-order valence-electron chi connectivity index (χ4n) is 1.91. The van der Waals surface area contributed by atoms with E-state index in [1.807, 2.05) is 0 Å². The van der Waals surface area contributed by atoms with Gasteiger partial charge in [0, 0.05) is 6.54 Å². The Morgan fingerprint density at radius 2 is 2.05 bits per heavy atom. The Kier molecular flexibility index (Phi) is 4.76. The van der Waals surface area contributed by atoms with E-state index in [4.69, 9.17) is 14.7 Å². The summed E-state index contributed by atoms with van der Waals surface area (Å²) < 4.78 is 10.2. The third-order valence-corrected chi connectivity index (χ3v) is 2.67. The van der Waals surface area contributed by atoms with Gasteiger partial charge in [0.15, 0.2) is 0 Å². The van der Waals surface area contributed by atoms with Crippen molar-refractivity contribution in [2.45, 2.75) is 45.8 Å². The summed E-state index contributed by atoms with van der Waals surface area (Å²) >= 11 is 0. The fraction of sp³-hybridized carbons (Fsp3) is 0.769. The predicted octanol–water partition coefficient (Wildman–Crippen LogP) is 1.70.